The lowest BCUT2D eigenvalue weighted by atomic mass is 10.2. The van der Waals surface area contributed by atoms with Gasteiger partial charge in [-0.15, -0.1) is 0 Å². The number of rotatable bonds is 4. The highest BCUT2D eigenvalue weighted by Gasteiger charge is 2.32. The Labute approximate surface area is 79.9 Å². The van der Waals surface area contributed by atoms with Gasteiger partial charge in [-0.3, -0.25) is 0 Å². The van der Waals surface area contributed by atoms with E-state index in [1.165, 1.54) is 0 Å². The maximum atomic E-state index is 11.6. The molecule has 1 fully saturated rings. The van der Waals surface area contributed by atoms with Crippen molar-refractivity contribution in [3.63, 3.8) is 0 Å². The number of ether oxygens (including phenoxy) is 1. The number of nitrogens with zero attached hydrogens (tertiary/aromatic N) is 1. The van der Waals surface area contributed by atoms with Crippen LogP contribution in [-0.2, 0) is 14.8 Å². The molecule has 5 heteroatoms. The Hall–Kier alpha value is -0.130. The molecule has 0 amide bonds. The van der Waals surface area contributed by atoms with E-state index in [0.29, 0.717) is 13.2 Å². The molecule has 78 valence electrons. The molecule has 0 N–H and O–H groups in total. The Morgan fingerprint density at radius 3 is 2.77 bits per heavy atom. The van der Waals surface area contributed by atoms with Crippen LogP contribution in [0.2, 0.25) is 0 Å². The van der Waals surface area contributed by atoms with Crippen molar-refractivity contribution < 1.29 is 13.2 Å². The van der Waals surface area contributed by atoms with E-state index in [-0.39, 0.29) is 11.8 Å². The van der Waals surface area contributed by atoms with Crippen molar-refractivity contribution >= 4 is 10.0 Å². The maximum Gasteiger partial charge on any atom is 0.214 e. The van der Waals surface area contributed by atoms with E-state index in [4.69, 9.17) is 4.74 Å². The topological polar surface area (TPSA) is 46.6 Å². The first-order valence-corrected chi connectivity index (χ1v) is 6.21. The van der Waals surface area contributed by atoms with Crippen LogP contribution in [0.15, 0.2) is 0 Å². The fraction of sp³-hybridized carbons (Fsp3) is 1.00. The maximum absolute atomic E-state index is 11.6. The molecule has 1 rings (SSSR count). The first-order valence-electron chi connectivity index (χ1n) is 4.60. The van der Waals surface area contributed by atoms with Gasteiger partial charge in [-0.1, -0.05) is 0 Å². The van der Waals surface area contributed by atoms with Gasteiger partial charge in [0, 0.05) is 19.7 Å². The summed E-state index contributed by atoms with van der Waals surface area (Å²) in [6.07, 6.45) is 1.88. The predicted octanol–water partition coefficient (Wildman–Crippen LogP) is 0.447. The molecule has 1 saturated heterocycles. The summed E-state index contributed by atoms with van der Waals surface area (Å²) in [6, 6.07) is 0.0648. The van der Waals surface area contributed by atoms with Crippen LogP contribution in [0.4, 0.5) is 0 Å². The Bertz CT molecular complexity index is 250. The van der Waals surface area contributed by atoms with E-state index < -0.39 is 10.0 Å². The summed E-state index contributed by atoms with van der Waals surface area (Å²) in [7, 11) is -1.41. The van der Waals surface area contributed by atoms with Gasteiger partial charge in [0.1, 0.15) is 0 Å². The minimum Gasteiger partial charge on any atom is -0.383 e. The van der Waals surface area contributed by atoms with E-state index >= 15 is 0 Å². The second-order valence-electron chi connectivity index (χ2n) is 3.26. The smallest absolute Gasteiger partial charge is 0.214 e. The second-order valence-corrected chi connectivity index (χ2v) is 5.47. The molecule has 0 bridgehead atoms. The van der Waals surface area contributed by atoms with Gasteiger partial charge in [0.25, 0.3) is 0 Å². The van der Waals surface area contributed by atoms with E-state index in [9.17, 15) is 8.42 Å². The van der Waals surface area contributed by atoms with Crippen molar-refractivity contribution in [3.8, 4) is 0 Å². The largest absolute Gasteiger partial charge is 0.383 e. The second kappa shape index (κ2) is 4.39. The van der Waals surface area contributed by atoms with Gasteiger partial charge in [-0.05, 0) is 19.8 Å². The van der Waals surface area contributed by atoms with Gasteiger partial charge >= 0.3 is 0 Å². The van der Waals surface area contributed by atoms with E-state index in [0.717, 1.165) is 12.8 Å². The highest BCUT2D eigenvalue weighted by molar-refractivity contribution is 7.89. The molecule has 0 radical (unpaired) electrons. The third kappa shape index (κ3) is 2.42. The SMILES string of the molecule is CCS(=O)(=O)N1CCC[C@H]1COC. The van der Waals surface area contributed by atoms with Gasteiger partial charge < -0.3 is 4.74 Å². The molecule has 1 heterocycles. The van der Waals surface area contributed by atoms with Gasteiger partial charge in [-0.2, -0.15) is 4.31 Å². The summed E-state index contributed by atoms with van der Waals surface area (Å²) in [5.41, 5.74) is 0. The third-order valence-corrected chi connectivity index (χ3v) is 4.33. The lowest BCUT2D eigenvalue weighted by molar-refractivity contribution is 0.149. The Balaban J connectivity index is 2.68. The molecular formula is C8H17NO3S. The van der Waals surface area contributed by atoms with Crippen molar-refractivity contribution in [3.05, 3.63) is 0 Å². The van der Waals surface area contributed by atoms with E-state index in [1.54, 1.807) is 18.3 Å². The van der Waals surface area contributed by atoms with Crippen molar-refractivity contribution in [1.29, 1.82) is 0 Å². The Kier molecular flexibility index (Phi) is 3.70. The molecule has 0 saturated carbocycles. The zero-order valence-corrected chi connectivity index (χ0v) is 9.01. The molecule has 0 spiro atoms. The Morgan fingerprint density at radius 2 is 2.23 bits per heavy atom. The van der Waals surface area contributed by atoms with Crippen LogP contribution >= 0.6 is 0 Å². The molecule has 0 aliphatic carbocycles. The average molecular weight is 207 g/mol. The van der Waals surface area contributed by atoms with Crippen molar-refractivity contribution in [1.82, 2.24) is 4.31 Å². The monoisotopic (exact) mass is 207 g/mol. The third-order valence-electron chi connectivity index (χ3n) is 2.40. The fourth-order valence-electron chi connectivity index (χ4n) is 1.70. The lowest BCUT2D eigenvalue weighted by Crippen LogP contribution is -2.38. The molecule has 13 heavy (non-hydrogen) atoms. The van der Waals surface area contributed by atoms with E-state index in [1.807, 2.05) is 0 Å². The molecule has 1 aliphatic rings. The molecule has 0 aromatic carbocycles. The molecule has 0 unspecified atom stereocenters. The summed E-state index contributed by atoms with van der Waals surface area (Å²) in [6.45, 7) is 2.85. The zero-order valence-electron chi connectivity index (χ0n) is 8.19. The average Bonchev–Trinajstić information content (AvgIpc) is 2.54. The van der Waals surface area contributed by atoms with Crippen LogP contribution in [-0.4, -0.2) is 44.8 Å². The van der Waals surface area contributed by atoms with Crippen LogP contribution in [0.1, 0.15) is 19.8 Å². The summed E-state index contributed by atoms with van der Waals surface area (Å²) in [4.78, 5) is 0. The number of sulfonamides is 1. The molecule has 1 atom stereocenters. The minimum atomic E-state index is -3.02. The van der Waals surface area contributed by atoms with Crippen molar-refractivity contribution in [2.75, 3.05) is 26.0 Å². The molecule has 4 nitrogen and oxygen atoms in total. The standard InChI is InChI=1S/C8H17NO3S/c1-3-13(10,11)9-6-4-5-8(9)7-12-2/h8H,3-7H2,1-2H3/t8-/m0/s1. The quantitative estimate of drug-likeness (QED) is 0.672. The summed E-state index contributed by atoms with van der Waals surface area (Å²) in [5.74, 6) is 0.188. The summed E-state index contributed by atoms with van der Waals surface area (Å²) < 4.78 is 29.7. The Morgan fingerprint density at radius 1 is 1.54 bits per heavy atom. The molecule has 0 aromatic heterocycles. The van der Waals surface area contributed by atoms with Crippen LogP contribution in [0.3, 0.4) is 0 Å². The molecule has 1 aliphatic heterocycles. The van der Waals surface area contributed by atoms with Crippen LogP contribution in [0, 0.1) is 0 Å². The zero-order chi connectivity index (χ0) is 9.90. The van der Waals surface area contributed by atoms with Crippen molar-refractivity contribution in [2.45, 2.75) is 25.8 Å². The predicted molar refractivity (Wildman–Crippen MR) is 51.1 cm³/mol. The molecule has 0 aromatic rings. The van der Waals surface area contributed by atoms with Crippen LogP contribution < -0.4 is 0 Å². The van der Waals surface area contributed by atoms with Gasteiger partial charge in [0.05, 0.1) is 12.4 Å². The highest BCUT2D eigenvalue weighted by Crippen LogP contribution is 2.21. The van der Waals surface area contributed by atoms with Gasteiger partial charge in [0.15, 0.2) is 0 Å². The highest BCUT2D eigenvalue weighted by atomic mass is 32.2. The molecular weight excluding hydrogens is 190 g/mol. The van der Waals surface area contributed by atoms with Crippen LogP contribution in [0.25, 0.3) is 0 Å². The first-order chi connectivity index (χ1) is 6.11. The van der Waals surface area contributed by atoms with Crippen molar-refractivity contribution in [2.24, 2.45) is 0 Å². The lowest BCUT2D eigenvalue weighted by Gasteiger charge is -2.22. The minimum absolute atomic E-state index is 0.0648. The fourth-order valence-corrected chi connectivity index (χ4v) is 3.06. The van der Waals surface area contributed by atoms with E-state index in [2.05, 4.69) is 0 Å². The number of methoxy groups -OCH3 is 1. The summed E-state index contributed by atoms with van der Waals surface area (Å²) >= 11 is 0. The number of hydrogen-bond donors (Lipinski definition) is 0. The van der Waals surface area contributed by atoms with Gasteiger partial charge in [-0.25, -0.2) is 8.42 Å². The van der Waals surface area contributed by atoms with Crippen LogP contribution in [0.5, 0.6) is 0 Å². The normalized spacial score (nSPS) is 25.2. The van der Waals surface area contributed by atoms with Gasteiger partial charge in [0.2, 0.25) is 10.0 Å². The summed E-state index contributed by atoms with van der Waals surface area (Å²) in [5, 5.41) is 0. The first kappa shape index (κ1) is 10.9. The number of hydrogen-bond acceptors (Lipinski definition) is 3.